The molecular formula is C12H21NO8. The average Bonchev–Trinajstić information content (AvgIpc) is 2.37. The molecule has 0 atom stereocenters. The molecule has 0 rings (SSSR count). The Morgan fingerprint density at radius 2 is 0.905 bits per heavy atom. The third kappa shape index (κ3) is 20.3. The predicted octanol–water partition coefficient (Wildman–Crippen LogP) is 0.194. The Kier molecular flexibility index (Phi) is 12.9. The van der Waals surface area contributed by atoms with E-state index >= 15 is 0 Å². The van der Waals surface area contributed by atoms with Crippen LogP contribution in [0.3, 0.4) is 0 Å². The molecule has 0 aromatic heterocycles. The van der Waals surface area contributed by atoms with Gasteiger partial charge in [0, 0.05) is 26.1 Å². The standard InChI is InChI=1S/C9H15NO6.C3H6O2/c11-7(12)1-4-10(5-2-8(13)14)6-3-9(15)16;1-2-3(4)5/h1-6H2,(H,11,12)(H,13,14)(H,15,16);2H2,1H3,(H,4,5). The molecule has 0 unspecified atom stereocenters. The van der Waals surface area contributed by atoms with Crippen molar-refractivity contribution >= 4 is 23.9 Å². The van der Waals surface area contributed by atoms with Gasteiger partial charge in [-0.05, 0) is 0 Å². The van der Waals surface area contributed by atoms with Crippen LogP contribution in [0.1, 0.15) is 32.6 Å². The number of carboxylic acids is 4. The fourth-order valence-corrected chi connectivity index (χ4v) is 1.10. The zero-order valence-corrected chi connectivity index (χ0v) is 11.8. The number of rotatable bonds is 10. The second kappa shape index (κ2) is 12.9. The Morgan fingerprint density at radius 1 is 0.667 bits per heavy atom. The molecule has 0 amide bonds. The number of aliphatic carboxylic acids is 4. The monoisotopic (exact) mass is 307 g/mol. The van der Waals surface area contributed by atoms with Crippen LogP contribution in [-0.2, 0) is 19.2 Å². The van der Waals surface area contributed by atoms with E-state index in [1.807, 2.05) is 0 Å². The van der Waals surface area contributed by atoms with Gasteiger partial charge in [-0.2, -0.15) is 0 Å². The van der Waals surface area contributed by atoms with Crippen molar-refractivity contribution in [2.45, 2.75) is 32.6 Å². The van der Waals surface area contributed by atoms with Gasteiger partial charge in [0.15, 0.2) is 0 Å². The molecular weight excluding hydrogens is 286 g/mol. The predicted molar refractivity (Wildman–Crippen MR) is 71.1 cm³/mol. The average molecular weight is 307 g/mol. The molecule has 0 aliphatic heterocycles. The summed E-state index contributed by atoms with van der Waals surface area (Å²) in [5.41, 5.74) is 0. The highest BCUT2D eigenvalue weighted by atomic mass is 16.4. The van der Waals surface area contributed by atoms with E-state index in [-0.39, 0.29) is 45.3 Å². The van der Waals surface area contributed by atoms with Gasteiger partial charge in [-0.25, -0.2) is 0 Å². The second-order valence-corrected chi connectivity index (χ2v) is 4.02. The van der Waals surface area contributed by atoms with Crippen molar-refractivity contribution in [2.24, 2.45) is 0 Å². The molecule has 4 N–H and O–H groups in total. The van der Waals surface area contributed by atoms with Crippen molar-refractivity contribution in [1.29, 1.82) is 0 Å². The van der Waals surface area contributed by atoms with Gasteiger partial charge >= 0.3 is 23.9 Å². The summed E-state index contributed by atoms with van der Waals surface area (Å²) in [7, 11) is 0. The van der Waals surface area contributed by atoms with Gasteiger partial charge in [0.1, 0.15) is 0 Å². The summed E-state index contributed by atoms with van der Waals surface area (Å²) < 4.78 is 0. The zero-order valence-electron chi connectivity index (χ0n) is 11.8. The fraction of sp³-hybridized carbons (Fsp3) is 0.667. The Bertz CT molecular complexity index is 312. The maximum atomic E-state index is 10.3. The number of carbonyl (C=O) groups is 4. The van der Waals surface area contributed by atoms with Gasteiger partial charge in [0.2, 0.25) is 0 Å². The zero-order chi connectivity index (χ0) is 16.8. The molecule has 9 nitrogen and oxygen atoms in total. The van der Waals surface area contributed by atoms with Crippen LogP contribution in [0.15, 0.2) is 0 Å². The Balaban J connectivity index is 0. The molecule has 0 aliphatic rings. The van der Waals surface area contributed by atoms with Crippen LogP contribution >= 0.6 is 0 Å². The van der Waals surface area contributed by atoms with Gasteiger partial charge in [-0.1, -0.05) is 6.92 Å². The quantitative estimate of drug-likeness (QED) is 0.443. The van der Waals surface area contributed by atoms with Gasteiger partial charge in [-0.15, -0.1) is 0 Å². The van der Waals surface area contributed by atoms with Crippen molar-refractivity contribution in [3.63, 3.8) is 0 Å². The van der Waals surface area contributed by atoms with E-state index in [2.05, 4.69) is 0 Å². The van der Waals surface area contributed by atoms with Gasteiger partial charge in [-0.3, -0.25) is 19.2 Å². The van der Waals surface area contributed by atoms with Crippen molar-refractivity contribution < 1.29 is 39.6 Å². The molecule has 0 radical (unpaired) electrons. The third-order valence-corrected chi connectivity index (χ3v) is 2.23. The van der Waals surface area contributed by atoms with E-state index in [1.54, 1.807) is 6.92 Å². The van der Waals surface area contributed by atoms with Crippen molar-refractivity contribution in [1.82, 2.24) is 4.90 Å². The molecule has 0 saturated heterocycles. The number of hydrogen-bond acceptors (Lipinski definition) is 5. The van der Waals surface area contributed by atoms with Crippen LogP contribution in [0.25, 0.3) is 0 Å². The first kappa shape index (κ1) is 21.1. The fourth-order valence-electron chi connectivity index (χ4n) is 1.10. The lowest BCUT2D eigenvalue weighted by molar-refractivity contribution is -0.138. The molecule has 0 aromatic rings. The summed E-state index contributed by atoms with van der Waals surface area (Å²) in [6.45, 7) is 2.09. The first-order valence-corrected chi connectivity index (χ1v) is 6.28. The molecule has 122 valence electrons. The van der Waals surface area contributed by atoms with E-state index in [1.165, 1.54) is 4.90 Å². The smallest absolute Gasteiger partial charge is 0.304 e. The minimum Gasteiger partial charge on any atom is -0.481 e. The largest absolute Gasteiger partial charge is 0.481 e. The van der Waals surface area contributed by atoms with E-state index in [4.69, 9.17) is 20.4 Å². The van der Waals surface area contributed by atoms with Crippen molar-refractivity contribution in [3.05, 3.63) is 0 Å². The van der Waals surface area contributed by atoms with Crippen LogP contribution < -0.4 is 0 Å². The molecule has 0 saturated carbocycles. The summed E-state index contributed by atoms with van der Waals surface area (Å²) in [5, 5.41) is 33.1. The molecule has 0 spiro atoms. The van der Waals surface area contributed by atoms with E-state index < -0.39 is 23.9 Å². The summed E-state index contributed by atoms with van der Waals surface area (Å²) in [6.07, 6.45) is -0.155. The highest BCUT2D eigenvalue weighted by molar-refractivity contribution is 5.68. The van der Waals surface area contributed by atoms with Crippen LogP contribution in [0, 0.1) is 0 Å². The third-order valence-electron chi connectivity index (χ3n) is 2.23. The second-order valence-electron chi connectivity index (χ2n) is 4.02. The minimum atomic E-state index is -0.990. The summed E-state index contributed by atoms with van der Waals surface area (Å²) in [5.74, 6) is -3.72. The highest BCUT2D eigenvalue weighted by Gasteiger charge is 2.11. The lowest BCUT2D eigenvalue weighted by Crippen LogP contribution is -2.31. The maximum absolute atomic E-state index is 10.3. The van der Waals surface area contributed by atoms with Crippen LogP contribution in [0.5, 0.6) is 0 Å². The molecule has 0 fully saturated rings. The lowest BCUT2D eigenvalue weighted by atomic mass is 10.3. The molecule has 0 heterocycles. The summed E-state index contributed by atoms with van der Waals surface area (Å²) >= 11 is 0. The Morgan fingerprint density at radius 3 is 1.05 bits per heavy atom. The molecule has 9 heteroatoms. The number of carboxylic acid groups (broad SMARTS) is 4. The first-order chi connectivity index (χ1) is 9.68. The Labute approximate surface area is 121 Å². The first-order valence-electron chi connectivity index (χ1n) is 6.28. The van der Waals surface area contributed by atoms with Crippen molar-refractivity contribution in [2.75, 3.05) is 19.6 Å². The lowest BCUT2D eigenvalue weighted by Gasteiger charge is -2.19. The van der Waals surface area contributed by atoms with Gasteiger partial charge in [0.05, 0.1) is 19.3 Å². The van der Waals surface area contributed by atoms with E-state index in [0.29, 0.717) is 0 Å². The van der Waals surface area contributed by atoms with Crippen LogP contribution in [0.4, 0.5) is 0 Å². The Hall–Kier alpha value is -2.16. The highest BCUT2D eigenvalue weighted by Crippen LogP contribution is 1.97. The van der Waals surface area contributed by atoms with Gasteiger partial charge < -0.3 is 25.3 Å². The molecule has 0 aromatic carbocycles. The van der Waals surface area contributed by atoms with Crippen LogP contribution in [0.2, 0.25) is 0 Å². The summed E-state index contributed by atoms with van der Waals surface area (Å²) in [4.78, 5) is 41.9. The topological polar surface area (TPSA) is 152 Å². The number of nitrogens with zero attached hydrogens (tertiary/aromatic N) is 1. The van der Waals surface area contributed by atoms with Gasteiger partial charge in [0.25, 0.3) is 0 Å². The molecule has 0 aliphatic carbocycles. The SMILES string of the molecule is CCC(=O)O.O=C(O)CCN(CCC(=O)O)CCC(=O)O. The van der Waals surface area contributed by atoms with E-state index in [9.17, 15) is 19.2 Å². The minimum absolute atomic E-state index is 0.126. The normalized spacial score (nSPS) is 9.62. The summed E-state index contributed by atoms with van der Waals surface area (Å²) in [6, 6.07) is 0. The number of hydrogen-bond donors (Lipinski definition) is 4. The molecule has 0 bridgehead atoms. The van der Waals surface area contributed by atoms with E-state index in [0.717, 1.165) is 0 Å². The van der Waals surface area contributed by atoms with Crippen LogP contribution in [-0.4, -0.2) is 68.8 Å². The maximum Gasteiger partial charge on any atom is 0.304 e. The molecule has 21 heavy (non-hydrogen) atoms. The van der Waals surface area contributed by atoms with Crippen molar-refractivity contribution in [3.8, 4) is 0 Å².